The molecule has 0 aromatic heterocycles. The Bertz CT molecular complexity index is 1080. The summed E-state index contributed by atoms with van der Waals surface area (Å²) in [6.45, 7) is 6.62. The maximum Gasteiger partial charge on any atom is 0.269 e. The number of anilines is 2. The summed E-state index contributed by atoms with van der Waals surface area (Å²) in [7, 11) is 0. The van der Waals surface area contributed by atoms with E-state index >= 15 is 4.39 Å². The highest BCUT2D eigenvalue weighted by Crippen LogP contribution is 2.42. The van der Waals surface area contributed by atoms with Crippen molar-refractivity contribution < 1.29 is 31.5 Å². The Morgan fingerprint density at radius 1 is 0.875 bits per heavy atom. The summed E-state index contributed by atoms with van der Waals surface area (Å²) in [5.74, 6) is -11.2. The van der Waals surface area contributed by atoms with Crippen LogP contribution in [-0.2, 0) is 0 Å². The van der Waals surface area contributed by atoms with E-state index in [9.17, 15) is 27.2 Å². The average molecular weight is 454 g/mol. The molecule has 1 heterocycles. The largest absolute Gasteiger partial charge is 0.374 e. The number of nitrogens with one attached hydrogen (secondary N) is 1. The van der Waals surface area contributed by atoms with E-state index in [1.54, 1.807) is 18.2 Å². The molecule has 0 fully saturated rings. The van der Waals surface area contributed by atoms with E-state index in [-0.39, 0.29) is 17.5 Å². The number of halogens is 5. The molecule has 0 saturated heterocycles. The number of amides is 2. The van der Waals surface area contributed by atoms with Crippen molar-refractivity contribution >= 4 is 23.2 Å². The maximum absolute atomic E-state index is 15.1. The second-order valence-electron chi connectivity index (χ2n) is 8.53. The van der Waals surface area contributed by atoms with Gasteiger partial charge >= 0.3 is 0 Å². The Labute approximate surface area is 182 Å². The number of para-hydroxylation sites is 1. The zero-order valence-electron chi connectivity index (χ0n) is 18.2. The lowest BCUT2D eigenvalue weighted by atomic mass is 9.92. The van der Waals surface area contributed by atoms with Crippen molar-refractivity contribution in [2.24, 2.45) is 0 Å². The Morgan fingerprint density at radius 2 is 1.34 bits per heavy atom. The van der Waals surface area contributed by atoms with E-state index in [0.29, 0.717) is 23.0 Å². The van der Waals surface area contributed by atoms with E-state index < -0.39 is 58.5 Å². The Morgan fingerprint density at radius 3 is 1.78 bits per heavy atom. The number of hydrogen-bond acceptors (Lipinski definition) is 3. The van der Waals surface area contributed by atoms with Gasteiger partial charge in [-0.2, -0.15) is 0 Å². The third-order valence-corrected chi connectivity index (χ3v) is 5.30. The van der Waals surface area contributed by atoms with Crippen molar-refractivity contribution in [3.05, 3.63) is 57.9 Å². The van der Waals surface area contributed by atoms with Crippen LogP contribution in [-0.4, -0.2) is 24.3 Å². The topological polar surface area (TPSA) is 49.4 Å². The Balaban J connectivity index is 2.24. The minimum absolute atomic E-state index is 0.150. The van der Waals surface area contributed by atoms with Crippen molar-refractivity contribution in [3.8, 4) is 0 Å². The minimum Gasteiger partial charge on any atom is -0.374 e. The molecule has 1 aliphatic heterocycles. The number of alkyl halides is 2. The molecule has 9 heteroatoms. The molecule has 0 unspecified atom stereocenters. The van der Waals surface area contributed by atoms with Crippen LogP contribution in [0.4, 0.5) is 33.3 Å². The highest BCUT2D eigenvalue weighted by molar-refractivity contribution is 6.35. The lowest BCUT2D eigenvalue weighted by Crippen LogP contribution is -2.32. The molecule has 1 N–H and O–H groups in total. The zero-order chi connectivity index (χ0) is 24.1. The first kappa shape index (κ1) is 23.7. The van der Waals surface area contributed by atoms with Crippen LogP contribution in [0.1, 0.15) is 78.3 Å². The van der Waals surface area contributed by atoms with Crippen molar-refractivity contribution in [3.63, 3.8) is 0 Å². The SMILES string of the molecule is CC(C)c1cccc(C(C)C)c1N1C(=O)c2c(F)c(F)c(NCC(C)(F)F)c(F)c2C1=O. The lowest BCUT2D eigenvalue weighted by molar-refractivity contribution is 0.0366. The van der Waals surface area contributed by atoms with Crippen LogP contribution < -0.4 is 10.2 Å². The second-order valence-corrected chi connectivity index (χ2v) is 8.53. The molecule has 3 rings (SSSR count). The predicted octanol–water partition coefficient (Wildman–Crippen LogP) is 6.22. The van der Waals surface area contributed by atoms with Crippen molar-refractivity contribution in [1.29, 1.82) is 0 Å². The van der Waals surface area contributed by atoms with Crippen molar-refractivity contribution in [2.45, 2.75) is 52.4 Å². The van der Waals surface area contributed by atoms with Gasteiger partial charge in [-0.1, -0.05) is 45.9 Å². The van der Waals surface area contributed by atoms with Crippen molar-refractivity contribution in [2.75, 3.05) is 16.8 Å². The fourth-order valence-electron chi connectivity index (χ4n) is 3.75. The van der Waals surface area contributed by atoms with Crippen LogP contribution in [0, 0.1) is 17.5 Å². The van der Waals surface area contributed by atoms with E-state index in [0.717, 1.165) is 0 Å². The van der Waals surface area contributed by atoms with E-state index in [2.05, 4.69) is 0 Å². The van der Waals surface area contributed by atoms with Gasteiger partial charge in [0.25, 0.3) is 17.7 Å². The maximum atomic E-state index is 15.1. The Kier molecular flexibility index (Phi) is 6.06. The number of carbonyl (C=O) groups excluding carboxylic acids is 2. The molecule has 0 atom stereocenters. The summed E-state index contributed by atoms with van der Waals surface area (Å²) < 4.78 is 70.8. The summed E-state index contributed by atoms with van der Waals surface area (Å²) in [6, 6.07) is 5.14. The fraction of sp³-hybridized carbons (Fsp3) is 0.391. The number of carbonyl (C=O) groups is 2. The molecule has 0 saturated carbocycles. The van der Waals surface area contributed by atoms with Crippen LogP contribution in [0.25, 0.3) is 0 Å². The second kappa shape index (κ2) is 8.18. The van der Waals surface area contributed by atoms with Gasteiger partial charge < -0.3 is 5.32 Å². The summed E-state index contributed by atoms with van der Waals surface area (Å²) in [6.07, 6.45) is 0. The molecule has 0 aliphatic carbocycles. The number of benzene rings is 2. The smallest absolute Gasteiger partial charge is 0.269 e. The lowest BCUT2D eigenvalue weighted by Gasteiger charge is -2.25. The van der Waals surface area contributed by atoms with Gasteiger partial charge in [0.05, 0.1) is 23.4 Å². The molecular formula is C23H23F5N2O2. The highest BCUT2D eigenvalue weighted by atomic mass is 19.3. The monoisotopic (exact) mass is 454 g/mol. The third-order valence-electron chi connectivity index (χ3n) is 5.30. The normalized spacial score (nSPS) is 14.1. The first-order valence-corrected chi connectivity index (χ1v) is 10.1. The zero-order valence-corrected chi connectivity index (χ0v) is 18.2. The van der Waals surface area contributed by atoms with Gasteiger partial charge in [-0.3, -0.25) is 9.59 Å². The number of fused-ring (bicyclic) bond motifs is 1. The quantitative estimate of drug-likeness (QED) is 0.320. The summed E-state index contributed by atoms with van der Waals surface area (Å²) in [5.41, 5.74) is -1.87. The fourth-order valence-corrected chi connectivity index (χ4v) is 3.75. The molecule has 32 heavy (non-hydrogen) atoms. The third kappa shape index (κ3) is 3.84. The van der Waals surface area contributed by atoms with Crippen LogP contribution in [0.3, 0.4) is 0 Å². The molecule has 2 amide bonds. The van der Waals surface area contributed by atoms with Gasteiger partial charge in [-0.05, 0) is 23.0 Å². The van der Waals surface area contributed by atoms with Crippen LogP contribution in [0.2, 0.25) is 0 Å². The van der Waals surface area contributed by atoms with Crippen LogP contribution in [0.5, 0.6) is 0 Å². The minimum atomic E-state index is -3.36. The van der Waals surface area contributed by atoms with Gasteiger partial charge in [-0.15, -0.1) is 0 Å². The summed E-state index contributed by atoms with van der Waals surface area (Å²) >= 11 is 0. The van der Waals surface area contributed by atoms with E-state index in [4.69, 9.17) is 0 Å². The molecule has 172 valence electrons. The molecule has 2 aromatic rings. The predicted molar refractivity (Wildman–Crippen MR) is 111 cm³/mol. The first-order chi connectivity index (χ1) is 14.8. The van der Waals surface area contributed by atoms with E-state index in [1.165, 1.54) is 0 Å². The molecule has 4 nitrogen and oxygen atoms in total. The molecule has 0 spiro atoms. The molecule has 0 bridgehead atoms. The van der Waals surface area contributed by atoms with Crippen molar-refractivity contribution in [1.82, 2.24) is 0 Å². The Hall–Kier alpha value is -2.97. The summed E-state index contributed by atoms with van der Waals surface area (Å²) in [4.78, 5) is 26.9. The molecule has 2 aromatic carbocycles. The average Bonchev–Trinajstić information content (AvgIpc) is 2.95. The first-order valence-electron chi connectivity index (χ1n) is 10.1. The van der Waals surface area contributed by atoms with Gasteiger partial charge in [-0.25, -0.2) is 26.9 Å². The highest BCUT2D eigenvalue weighted by Gasteiger charge is 2.46. The van der Waals surface area contributed by atoms with E-state index in [1.807, 2.05) is 33.0 Å². The van der Waals surface area contributed by atoms with Gasteiger partial charge in [0.1, 0.15) is 5.69 Å². The van der Waals surface area contributed by atoms with Gasteiger partial charge in [0, 0.05) is 6.92 Å². The van der Waals surface area contributed by atoms with Crippen LogP contribution in [0.15, 0.2) is 18.2 Å². The van der Waals surface area contributed by atoms with Gasteiger partial charge in [0.15, 0.2) is 17.5 Å². The molecular weight excluding hydrogens is 431 g/mol. The number of hydrogen-bond donors (Lipinski definition) is 1. The van der Waals surface area contributed by atoms with Gasteiger partial charge in [0.2, 0.25) is 0 Å². The number of nitrogens with zero attached hydrogens (tertiary/aromatic N) is 1. The summed E-state index contributed by atoms with van der Waals surface area (Å²) in [5, 5.41) is 1.82. The molecule has 0 radical (unpaired) electrons. The standard InChI is InChI=1S/C23H23F5N2O2/c1-10(2)12-7-6-8-13(11(3)4)20(12)30-21(31)14-15(22(30)32)17(25)19(18(26)16(14)24)29-9-23(5,27)28/h6-8,10-11,29H,9H2,1-5H3. The number of rotatable bonds is 6. The molecule has 1 aliphatic rings. The van der Waals surface area contributed by atoms with Crippen LogP contribution >= 0.6 is 0 Å². The number of imide groups is 1.